The second kappa shape index (κ2) is 5.55. The fourth-order valence-electron chi connectivity index (χ4n) is 1.32. The highest BCUT2D eigenvalue weighted by Gasteiger charge is 2.31. The van der Waals surface area contributed by atoms with Crippen LogP contribution in [0.3, 0.4) is 0 Å². The van der Waals surface area contributed by atoms with E-state index in [1.54, 1.807) is 0 Å². The zero-order chi connectivity index (χ0) is 14.6. The van der Waals surface area contributed by atoms with Crippen molar-refractivity contribution in [3.05, 3.63) is 46.2 Å². The minimum atomic E-state index is -4.52. The quantitative estimate of drug-likeness (QED) is 0.671. The van der Waals surface area contributed by atoms with E-state index in [2.05, 4.69) is 10.3 Å². The van der Waals surface area contributed by atoms with Gasteiger partial charge in [-0.3, -0.25) is 15.1 Å². The van der Waals surface area contributed by atoms with Crippen LogP contribution >= 0.6 is 0 Å². The second-order valence-electron chi connectivity index (χ2n) is 3.54. The molecule has 0 aliphatic rings. The number of halogens is 3. The van der Waals surface area contributed by atoms with Crippen LogP contribution in [0.15, 0.2) is 30.5 Å². The van der Waals surface area contributed by atoms with E-state index in [0.29, 0.717) is 12.4 Å². The van der Waals surface area contributed by atoms with Gasteiger partial charge in [-0.1, -0.05) is 0 Å². The lowest BCUT2D eigenvalue weighted by Crippen LogP contribution is -2.27. The predicted molar refractivity (Wildman–Crippen MR) is 61.8 cm³/mol. The number of alkyl halides is 3. The van der Waals surface area contributed by atoms with Gasteiger partial charge in [-0.15, -0.1) is 0 Å². The molecule has 1 aromatic heterocycles. The zero-order valence-electron chi connectivity index (χ0n) is 10.1. The number of aromatic nitrogens is 1. The van der Waals surface area contributed by atoms with Crippen molar-refractivity contribution in [3.8, 4) is 0 Å². The Bertz CT molecular complexity index is 502. The topological polar surface area (TPSA) is 71.3 Å². The first-order chi connectivity index (χ1) is 8.75. The molecule has 1 rings (SSSR count). The number of nitro groups is 1. The molecule has 0 bridgehead atoms. The number of pyridine rings is 1. The molecule has 1 aromatic rings. The van der Waals surface area contributed by atoms with Crippen molar-refractivity contribution in [1.29, 1.82) is 0 Å². The van der Waals surface area contributed by atoms with Crippen molar-refractivity contribution in [2.24, 2.45) is 0 Å². The molecule has 0 aliphatic heterocycles. The molecule has 0 saturated carbocycles. The summed E-state index contributed by atoms with van der Waals surface area (Å²) in [5.41, 5.74) is -0.842. The molecule has 0 atom stereocenters. The normalized spacial score (nSPS) is 12.2. The molecule has 0 saturated heterocycles. The molecule has 6 nitrogen and oxygen atoms in total. The highest BCUT2D eigenvalue weighted by Crippen LogP contribution is 2.31. The molecule has 0 amide bonds. The van der Waals surface area contributed by atoms with Crippen LogP contribution in [0.2, 0.25) is 0 Å². The Labute approximate surface area is 106 Å². The summed E-state index contributed by atoms with van der Waals surface area (Å²) in [7, 11) is 2.82. The van der Waals surface area contributed by atoms with Gasteiger partial charge >= 0.3 is 6.18 Å². The van der Waals surface area contributed by atoms with Crippen molar-refractivity contribution in [2.45, 2.75) is 6.18 Å². The van der Waals surface area contributed by atoms with E-state index in [0.717, 1.165) is 6.07 Å². The van der Waals surface area contributed by atoms with Gasteiger partial charge in [0, 0.05) is 20.3 Å². The van der Waals surface area contributed by atoms with Crippen LogP contribution in [0.25, 0.3) is 0 Å². The van der Waals surface area contributed by atoms with Crippen molar-refractivity contribution >= 4 is 5.69 Å². The molecule has 19 heavy (non-hydrogen) atoms. The summed E-state index contributed by atoms with van der Waals surface area (Å²) in [6.07, 6.45) is -2.00. The molecule has 0 spiro atoms. The maximum atomic E-state index is 12.5. The molecule has 0 aliphatic carbocycles. The smallest absolute Gasteiger partial charge is 0.369 e. The van der Waals surface area contributed by atoms with Gasteiger partial charge in [0.05, 0.1) is 22.4 Å². The first kappa shape index (κ1) is 14.7. The molecule has 1 N–H and O–H groups in total. The first-order valence-electron chi connectivity index (χ1n) is 5.04. The second-order valence-corrected chi connectivity index (χ2v) is 3.54. The molecule has 0 fully saturated rings. The number of nitrogens with zero attached hydrogens (tertiary/aromatic N) is 3. The molecule has 0 unspecified atom stereocenters. The third-order valence-electron chi connectivity index (χ3n) is 2.28. The van der Waals surface area contributed by atoms with Gasteiger partial charge in [0.15, 0.2) is 5.82 Å². The first-order valence-corrected chi connectivity index (χ1v) is 5.04. The number of hydrogen-bond donors (Lipinski definition) is 1. The number of anilines is 1. The molecule has 1 heterocycles. The maximum Gasteiger partial charge on any atom is 0.417 e. The van der Waals surface area contributed by atoms with Crippen LogP contribution in [-0.2, 0) is 6.18 Å². The lowest BCUT2D eigenvalue weighted by atomic mass is 10.2. The van der Waals surface area contributed by atoms with Gasteiger partial charge in [0.2, 0.25) is 0 Å². The highest BCUT2D eigenvalue weighted by atomic mass is 19.4. The summed E-state index contributed by atoms with van der Waals surface area (Å²) in [5, 5.41) is 12.9. The van der Waals surface area contributed by atoms with E-state index in [1.807, 2.05) is 0 Å². The fraction of sp³-hybridized carbons (Fsp3) is 0.300. The highest BCUT2D eigenvalue weighted by molar-refractivity contribution is 5.50. The van der Waals surface area contributed by atoms with Gasteiger partial charge in [0.25, 0.3) is 6.20 Å². The number of hydrogen-bond acceptors (Lipinski definition) is 5. The Hall–Kier alpha value is -2.32. The van der Waals surface area contributed by atoms with Gasteiger partial charge in [-0.05, 0) is 6.07 Å². The van der Waals surface area contributed by atoms with Crippen molar-refractivity contribution in [2.75, 3.05) is 19.0 Å². The Kier molecular flexibility index (Phi) is 4.30. The maximum absolute atomic E-state index is 12.5. The summed E-state index contributed by atoms with van der Waals surface area (Å²) in [6, 6.07) is 0.859. The van der Waals surface area contributed by atoms with E-state index in [4.69, 9.17) is 0 Å². The predicted octanol–water partition coefficient (Wildman–Crippen LogP) is 1.83. The van der Waals surface area contributed by atoms with Crippen molar-refractivity contribution in [1.82, 2.24) is 10.3 Å². The average Bonchev–Trinajstić information content (AvgIpc) is 2.34. The third kappa shape index (κ3) is 3.83. The number of nitrogens with one attached hydrogen (secondary N) is 1. The molecular weight excluding hydrogens is 265 g/mol. The zero-order valence-corrected chi connectivity index (χ0v) is 10.1. The largest absolute Gasteiger partial charge is 0.417 e. The van der Waals surface area contributed by atoms with E-state index in [-0.39, 0.29) is 11.5 Å². The molecule has 0 radical (unpaired) electrons. The standard InChI is InChI=1S/C10H11F3N4O2/c1-14-9(6-17(18)19)16(2)8-3-7(4-15-5-8)10(11,12)13/h3-6,14H,1-2H3. The summed E-state index contributed by atoms with van der Waals surface area (Å²) >= 11 is 0. The van der Waals surface area contributed by atoms with Crippen molar-refractivity contribution in [3.63, 3.8) is 0 Å². The van der Waals surface area contributed by atoms with Crippen LogP contribution in [0, 0.1) is 10.1 Å². The Morgan fingerprint density at radius 1 is 1.53 bits per heavy atom. The van der Waals surface area contributed by atoms with Crippen LogP contribution in [0.5, 0.6) is 0 Å². The van der Waals surface area contributed by atoms with E-state index >= 15 is 0 Å². The van der Waals surface area contributed by atoms with E-state index in [9.17, 15) is 23.3 Å². The lowest BCUT2D eigenvalue weighted by molar-refractivity contribution is -0.403. The molecule has 9 heteroatoms. The van der Waals surface area contributed by atoms with Crippen molar-refractivity contribution < 1.29 is 18.1 Å². The van der Waals surface area contributed by atoms with Crippen LogP contribution < -0.4 is 10.2 Å². The Morgan fingerprint density at radius 2 is 2.16 bits per heavy atom. The van der Waals surface area contributed by atoms with Crippen LogP contribution in [0.1, 0.15) is 5.56 Å². The summed E-state index contributed by atoms with van der Waals surface area (Å²) < 4.78 is 37.6. The number of rotatable bonds is 4. The van der Waals surface area contributed by atoms with Crippen LogP contribution in [0.4, 0.5) is 18.9 Å². The Morgan fingerprint density at radius 3 is 2.63 bits per heavy atom. The minimum absolute atomic E-state index is 0.0334. The third-order valence-corrected chi connectivity index (χ3v) is 2.28. The van der Waals surface area contributed by atoms with Gasteiger partial charge < -0.3 is 10.2 Å². The SMILES string of the molecule is CNC(=C[N+](=O)[O-])N(C)c1cncc(C(F)(F)F)c1. The van der Waals surface area contributed by atoms with Gasteiger partial charge in [-0.25, -0.2) is 0 Å². The lowest BCUT2D eigenvalue weighted by Gasteiger charge is -2.20. The summed E-state index contributed by atoms with van der Waals surface area (Å²) in [5.74, 6) is 0.0334. The van der Waals surface area contributed by atoms with Gasteiger partial charge in [0.1, 0.15) is 0 Å². The minimum Gasteiger partial charge on any atom is -0.369 e. The van der Waals surface area contributed by atoms with Crippen LogP contribution in [-0.4, -0.2) is 24.0 Å². The summed E-state index contributed by atoms with van der Waals surface area (Å²) in [4.78, 5) is 14.4. The fourth-order valence-corrected chi connectivity index (χ4v) is 1.32. The Balaban J connectivity index is 3.12. The van der Waals surface area contributed by atoms with E-state index in [1.165, 1.54) is 25.2 Å². The molecule has 104 valence electrons. The monoisotopic (exact) mass is 276 g/mol. The molecular formula is C10H11F3N4O2. The van der Waals surface area contributed by atoms with E-state index < -0.39 is 16.7 Å². The van der Waals surface area contributed by atoms with Gasteiger partial charge in [-0.2, -0.15) is 13.2 Å². The average molecular weight is 276 g/mol. The summed E-state index contributed by atoms with van der Waals surface area (Å²) in [6.45, 7) is 0. The molecule has 0 aromatic carbocycles.